The molecule has 2 amide bonds. The van der Waals surface area contributed by atoms with Crippen LogP contribution in [0.25, 0.3) is 0 Å². The first kappa shape index (κ1) is 13.7. The van der Waals surface area contributed by atoms with Crippen LogP contribution in [0.3, 0.4) is 0 Å². The van der Waals surface area contributed by atoms with Crippen molar-refractivity contribution < 1.29 is 9.59 Å². The first-order valence-electron chi connectivity index (χ1n) is 5.63. The highest BCUT2D eigenvalue weighted by Crippen LogP contribution is 2.12. The number of benzene rings is 1. The molecule has 94 valence electrons. The Morgan fingerprint density at radius 3 is 2.44 bits per heavy atom. The molecule has 0 spiro atoms. The van der Waals surface area contributed by atoms with Crippen LogP contribution >= 0.6 is 0 Å². The fourth-order valence-electron chi connectivity index (χ4n) is 1.43. The van der Waals surface area contributed by atoms with Gasteiger partial charge in [0.05, 0.1) is 6.07 Å². The standard InChI is InChI=1S/C13H15N3O2/c1-10(11-5-3-2-4-6-11)9-16-13(18)12(17)15-8-7-14/h2-6,10H,8-9H2,1H3,(H,15,17)(H,16,18). The van der Waals surface area contributed by atoms with Crippen molar-refractivity contribution in [3.8, 4) is 6.07 Å². The Bertz CT molecular complexity index is 451. The Hall–Kier alpha value is -2.35. The van der Waals surface area contributed by atoms with Gasteiger partial charge in [-0.2, -0.15) is 5.26 Å². The summed E-state index contributed by atoms with van der Waals surface area (Å²) < 4.78 is 0. The van der Waals surface area contributed by atoms with Crippen LogP contribution in [0.1, 0.15) is 18.4 Å². The Labute approximate surface area is 106 Å². The van der Waals surface area contributed by atoms with Gasteiger partial charge < -0.3 is 10.6 Å². The predicted molar refractivity (Wildman–Crippen MR) is 66.5 cm³/mol. The summed E-state index contributed by atoms with van der Waals surface area (Å²) in [5.41, 5.74) is 1.09. The van der Waals surface area contributed by atoms with Crippen LogP contribution in [0.2, 0.25) is 0 Å². The quantitative estimate of drug-likeness (QED) is 0.600. The maximum atomic E-state index is 11.4. The molecule has 1 aromatic carbocycles. The highest BCUT2D eigenvalue weighted by atomic mass is 16.2. The molecular weight excluding hydrogens is 230 g/mol. The number of carbonyl (C=O) groups is 2. The zero-order valence-electron chi connectivity index (χ0n) is 10.1. The SMILES string of the molecule is CC(CNC(=O)C(=O)NCC#N)c1ccccc1. The monoisotopic (exact) mass is 245 g/mol. The number of rotatable bonds is 4. The molecular formula is C13H15N3O2. The second-order valence-electron chi connectivity index (χ2n) is 3.86. The van der Waals surface area contributed by atoms with E-state index in [2.05, 4.69) is 10.6 Å². The van der Waals surface area contributed by atoms with Gasteiger partial charge >= 0.3 is 11.8 Å². The van der Waals surface area contributed by atoms with Crippen molar-refractivity contribution in [1.29, 1.82) is 5.26 Å². The van der Waals surface area contributed by atoms with Gasteiger partial charge in [-0.1, -0.05) is 37.3 Å². The fourth-order valence-corrected chi connectivity index (χ4v) is 1.43. The molecule has 1 atom stereocenters. The van der Waals surface area contributed by atoms with Gasteiger partial charge in [0.15, 0.2) is 0 Å². The second kappa shape index (κ2) is 7.07. The van der Waals surface area contributed by atoms with Crippen LogP contribution in [0.4, 0.5) is 0 Å². The van der Waals surface area contributed by atoms with Crippen molar-refractivity contribution in [2.75, 3.05) is 13.1 Å². The molecule has 0 radical (unpaired) electrons. The number of nitriles is 1. The molecule has 1 rings (SSSR count). The second-order valence-corrected chi connectivity index (χ2v) is 3.86. The van der Waals surface area contributed by atoms with Gasteiger partial charge in [-0.15, -0.1) is 0 Å². The van der Waals surface area contributed by atoms with E-state index in [1.807, 2.05) is 37.3 Å². The molecule has 0 aliphatic rings. The van der Waals surface area contributed by atoms with Gasteiger partial charge in [-0.3, -0.25) is 9.59 Å². The van der Waals surface area contributed by atoms with Crippen LogP contribution in [0, 0.1) is 11.3 Å². The molecule has 0 aliphatic heterocycles. The highest BCUT2D eigenvalue weighted by molar-refractivity contribution is 6.35. The van der Waals surface area contributed by atoms with Gasteiger partial charge in [0, 0.05) is 6.54 Å². The minimum absolute atomic E-state index is 0.124. The molecule has 0 saturated heterocycles. The largest absolute Gasteiger partial charge is 0.347 e. The molecule has 1 unspecified atom stereocenters. The Kier molecular flexibility index (Phi) is 5.39. The summed E-state index contributed by atoms with van der Waals surface area (Å²) in [7, 11) is 0. The van der Waals surface area contributed by atoms with Crippen molar-refractivity contribution in [1.82, 2.24) is 10.6 Å². The molecule has 5 heteroatoms. The lowest BCUT2D eigenvalue weighted by molar-refractivity contribution is -0.139. The molecule has 0 bridgehead atoms. The maximum Gasteiger partial charge on any atom is 0.310 e. The summed E-state index contributed by atoms with van der Waals surface area (Å²) in [6.45, 7) is 2.17. The zero-order valence-corrected chi connectivity index (χ0v) is 10.1. The van der Waals surface area contributed by atoms with E-state index in [9.17, 15) is 9.59 Å². The van der Waals surface area contributed by atoms with Crippen molar-refractivity contribution in [3.05, 3.63) is 35.9 Å². The van der Waals surface area contributed by atoms with Crippen LogP contribution in [0.15, 0.2) is 30.3 Å². The Balaban J connectivity index is 2.39. The summed E-state index contributed by atoms with van der Waals surface area (Å²) in [5, 5.41) is 13.0. The van der Waals surface area contributed by atoms with E-state index in [0.717, 1.165) is 5.56 Å². The summed E-state index contributed by atoms with van der Waals surface area (Å²) >= 11 is 0. The van der Waals surface area contributed by atoms with Crippen LogP contribution in [-0.4, -0.2) is 24.9 Å². The van der Waals surface area contributed by atoms with Crippen LogP contribution < -0.4 is 10.6 Å². The highest BCUT2D eigenvalue weighted by Gasteiger charge is 2.13. The molecule has 5 nitrogen and oxygen atoms in total. The number of nitrogens with zero attached hydrogens (tertiary/aromatic N) is 1. The molecule has 0 fully saturated rings. The smallest absolute Gasteiger partial charge is 0.310 e. The lowest BCUT2D eigenvalue weighted by atomic mass is 10.0. The van der Waals surface area contributed by atoms with Gasteiger partial charge in [0.1, 0.15) is 6.54 Å². The molecule has 0 saturated carbocycles. The molecule has 0 heterocycles. The molecule has 0 aliphatic carbocycles. The lowest BCUT2D eigenvalue weighted by Crippen LogP contribution is -2.41. The summed E-state index contributed by atoms with van der Waals surface area (Å²) in [6, 6.07) is 11.4. The van der Waals surface area contributed by atoms with Crippen molar-refractivity contribution in [2.24, 2.45) is 0 Å². The topological polar surface area (TPSA) is 82.0 Å². The van der Waals surface area contributed by atoms with Gasteiger partial charge in [-0.25, -0.2) is 0 Å². The van der Waals surface area contributed by atoms with Crippen molar-refractivity contribution >= 4 is 11.8 Å². The number of amides is 2. The summed E-state index contributed by atoms with van der Waals surface area (Å²) in [6.07, 6.45) is 0. The third-order valence-corrected chi connectivity index (χ3v) is 2.47. The number of hydrogen-bond acceptors (Lipinski definition) is 3. The van der Waals surface area contributed by atoms with Crippen LogP contribution in [0.5, 0.6) is 0 Å². The molecule has 0 aromatic heterocycles. The molecule has 2 N–H and O–H groups in total. The van der Waals surface area contributed by atoms with E-state index in [-0.39, 0.29) is 12.5 Å². The Morgan fingerprint density at radius 1 is 1.22 bits per heavy atom. The van der Waals surface area contributed by atoms with E-state index < -0.39 is 11.8 Å². The third kappa shape index (κ3) is 4.26. The normalized spacial score (nSPS) is 11.1. The average molecular weight is 245 g/mol. The maximum absolute atomic E-state index is 11.4. The van der Waals surface area contributed by atoms with E-state index in [1.54, 1.807) is 6.07 Å². The fraction of sp³-hybridized carbons (Fsp3) is 0.308. The minimum atomic E-state index is -0.781. The lowest BCUT2D eigenvalue weighted by Gasteiger charge is -2.12. The Morgan fingerprint density at radius 2 is 1.83 bits per heavy atom. The number of nitrogens with one attached hydrogen (secondary N) is 2. The third-order valence-electron chi connectivity index (χ3n) is 2.47. The number of carbonyl (C=O) groups excluding carboxylic acids is 2. The van der Waals surface area contributed by atoms with Crippen LogP contribution in [-0.2, 0) is 9.59 Å². The predicted octanol–water partition coefficient (Wildman–Crippen LogP) is 0.546. The van der Waals surface area contributed by atoms with Gasteiger partial charge in [-0.05, 0) is 11.5 Å². The van der Waals surface area contributed by atoms with Crippen molar-refractivity contribution in [3.63, 3.8) is 0 Å². The minimum Gasteiger partial charge on any atom is -0.347 e. The summed E-state index contributed by atoms with van der Waals surface area (Å²) in [5.74, 6) is -1.37. The summed E-state index contributed by atoms with van der Waals surface area (Å²) in [4.78, 5) is 22.5. The first-order valence-corrected chi connectivity index (χ1v) is 5.63. The van der Waals surface area contributed by atoms with Gasteiger partial charge in [0.2, 0.25) is 0 Å². The molecule has 18 heavy (non-hydrogen) atoms. The van der Waals surface area contributed by atoms with Crippen molar-refractivity contribution in [2.45, 2.75) is 12.8 Å². The average Bonchev–Trinajstić information content (AvgIpc) is 2.42. The van der Waals surface area contributed by atoms with E-state index >= 15 is 0 Å². The van der Waals surface area contributed by atoms with E-state index in [1.165, 1.54) is 0 Å². The van der Waals surface area contributed by atoms with Gasteiger partial charge in [0.25, 0.3) is 0 Å². The molecule has 1 aromatic rings. The van der Waals surface area contributed by atoms with E-state index in [4.69, 9.17) is 5.26 Å². The van der Waals surface area contributed by atoms with E-state index in [0.29, 0.717) is 6.54 Å². The first-order chi connectivity index (χ1) is 8.65. The number of hydrogen-bond donors (Lipinski definition) is 2. The zero-order chi connectivity index (χ0) is 13.4.